The Morgan fingerprint density at radius 3 is 2.79 bits per heavy atom. The Balaban J connectivity index is 1.31. The van der Waals surface area contributed by atoms with Gasteiger partial charge in [-0.05, 0) is 44.0 Å². The van der Waals surface area contributed by atoms with Crippen molar-refractivity contribution in [1.82, 2.24) is 25.7 Å². The molecule has 2 atom stereocenters. The van der Waals surface area contributed by atoms with Gasteiger partial charge in [-0.2, -0.15) is 0 Å². The smallest absolute Gasteiger partial charge is 0.188 e. The lowest BCUT2D eigenvalue weighted by atomic mass is 10.1. The summed E-state index contributed by atoms with van der Waals surface area (Å²) in [6.07, 6.45) is 2.19. The summed E-state index contributed by atoms with van der Waals surface area (Å²) < 4.78 is 16.5. The predicted molar refractivity (Wildman–Crippen MR) is 127 cm³/mol. The number of rotatable bonds is 8. The number of nitrogens with one attached hydrogen (secondary N) is 1. The molecule has 174 valence electrons. The van der Waals surface area contributed by atoms with E-state index in [0.717, 1.165) is 71.8 Å². The molecule has 5 rings (SSSR count). The van der Waals surface area contributed by atoms with E-state index in [2.05, 4.69) is 30.6 Å². The summed E-state index contributed by atoms with van der Waals surface area (Å²) in [5.74, 6) is 1.57. The summed E-state index contributed by atoms with van der Waals surface area (Å²) in [5, 5.41) is 22.9. The van der Waals surface area contributed by atoms with Gasteiger partial charge in [0.25, 0.3) is 0 Å². The van der Waals surface area contributed by atoms with Crippen LogP contribution >= 0.6 is 11.3 Å². The molecular weight excluding hydrogens is 440 g/mol. The van der Waals surface area contributed by atoms with Crippen molar-refractivity contribution in [3.8, 4) is 27.6 Å². The fraction of sp³-hybridized carbons (Fsp3) is 0.478. The van der Waals surface area contributed by atoms with Crippen molar-refractivity contribution in [2.75, 3.05) is 45.1 Å². The second-order valence-corrected chi connectivity index (χ2v) is 9.51. The number of methoxy groups -OCH3 is 1. The Labute approximate surface area is 197 Å². The first kappa shape index (κ1) is 22.1. The number of hydrogen-bond donors (Lipinski definition) is 1. The van der Waals surface area contributed by atoms with Crippen molar-refractivity contribution in [2.45, 2.75) is 31.8 Å². The molecular formula is C23H28N6O3S. The zero-order valence-corrected chi connectivity index (χ0v) is 19.7. The standard InChI is InChI=1S/C23H28N6O3S/c1-15-25-28-23(33-15)16-3-4-19(21(11-16)32-14-30-2)20-5-6-22(27-26-20)29-9-7-17(12-29)24-18-8-10-31-13-18/h3-6,11,17-18,24H,7-10,12-14H2,1-2H3/t17-,18?/m0/s1. The summed E-state index contributed by atoms with van der Waals surface area (Å²) in [6.45, 7) is 5.66. The van der Waals surface area contributed by atoms with E-state index in [9.17, 15) is 0 Å². The van der Waals surface area contributed by atoms with Crippen LogP contribution in [-0.2, 0) is 9.47 Å². The molecule has 2 fully saturated rings. The summed E-state index contributed by atoms with van der Waals surface area (Å²) >= 11 is 1.55. The van der Waals surface area contributed by atoms with Crippen LogP contribution in [0.15, 0.2) is 30.3 Å². The maximum atomic E-state index is 5.85. The first-order chi connectivity index (χ1) is 16.2. The van der Waals surface area contributed by atoms with Crippen molar-refractivity contribution < 1.29 is 14.2 Å². The number of anilines is 1. The van der Waals surface area contributed by atoms with Crippen molar-refractivity contribution >= 4 is 17.2 Å². The van der Waals surface area contributed by atoms with E-state index in [1.807, 2.05) is 37.3 Å². The van der Waals surface area contributed by atoms with Crippen LogP contribution in [0.1, 0.15) is 17.8 Å². The van der Waals surface area contributed by atoms with E-state index in [-0.39, 0.29) is 6.79 Å². The Morgan fingerprint density at radius 2 is 2.06 bits per heavy atom. The van der Waals surface area contributed by atoms with Crippen LogP contribution < -0.4 is 15.0 Å². The molecule has 2 aliphatic heterocycles. The fourth-order valence-corrected chi connectivity index (χ4v) is 4.95. The Kier molecular flexibility index (Phi) is 6.77. The van der Waals surface area contributed by atoms with Crippen LogP contribution in [0.3, 0.4) is 0 Å². The molecule has 0 aliphatic carbocycles. The Bertz CT molecular complexity index is 1070. The quantitative estimate of drug-likeness (QED) is 0.501. The molecule has 0 spiro atoms. The first-order valence-electron chi connectivity index (χ1n) is 11.2. The van der Waals surface area contributed by atoms with Gasteiger partial charge in [0.1, 0.15) is 15.8 Å². The Morgan fingerprint density at radius 1 is 1.12 bits per heavy atom. The third kappa shape index (κ3) is 5.14. The van der Waals surface area contributed by atoms with Crippen molar-refractivity contribution in [3.63, 3.8) is 0 Å². The molecule has 0 amide bonds. The maximum Gasteiger partial charge on any atom is 0.188 e. The average molecular weight is 469 g/mol. The SMILES string of the molecule is COCOc1cc(-c2nnc(C)s2)ccc1-c1ccc(N2CC[C@H](NC3CCOC3)C2)nn1. The number of aryl methyl sites for hydroxylation is 1. The number of hydrogen-bond acceptors (Lipinski definition) is 10. The highest BCUT2D eigenvalue weighted by Crippen LogP contribution is 2.34. The van der Waals surface area contributed by atoms with E-state index in [0.29, 0.717) is 17.8 Å². The minimum atomic E-state index is 0.144. The largest absolute Gasteiger partial charge is 0.467 e. The first-order valence-corrected chi connectivity index (χ1v) is 12.0. The van der Waals surface area contributed by atoms with Gasteiger partial charge < -0.3 is 24.4 Å². The molecule has 0 saturated carbocycles. The van der Waals surface area contributed by atoms with Gasteiger partial charge in [-0.15, -0.1) is 20.4 Å². The van der Waals surface area contributed by atoms with Crippen LogP contribution in [0.4, 0.5) is 5.82 Å². The van der Waals surface area contributed by atoms with Gasteiger partial charge in [-0.3, -0.25) is 0 Å². The number of benzene rings is 1. The minimum absolute atomic E-state index is 0.144. The van der Waals surface area contributed by atoms with Crippen molar-refractivity contribution in [2.24, 2.45) is 0 Å². The van der Waals surface area contributed by atoms with Crippen LogP contribution in [0.25, 0.3) is 21.8 Å². The van der Waals surface area contributed by atoms with E-state index in [1.54, 1.807) is 18.4 Å². The maximum absolute atomic E-state index is 5.85. The highest BCUT2D eigenvalue weighted by Gasteiger charge is 2.27. The average Bonchev–Trinajstić information content (AvgIpc) is 3.61. The molecule has 0 bridgehead atoms. The highest BCUT2D eigenvalue weighted by atomic mass is 32.1. The lowest BCUT2D eigenvalue weighted by Crippen LogP contribution is -2.40. The molecule has 1 unspecified atom stereocenters. The topological polar surface area (TPSA) is 94.5 Å². The number of ether oxygens (including phenoxy) is 3. The Hall–Kier alpha value is -2.66. The molecule has 33 heavy (non-hydrogen) atoms. The summed E-state index contributed by atoms with van der Waals surface area (Å²) in [6, 6.07) is 10.9. The fourth-order valence-electron chi connectivity index (χ4n) is 4.26. The molecule has 3 aromatic rings. The summed E-state index contributed by atoms with van der Waals surface area (Å²) in [5.41, 5.74) is 2.56. The van der Waals surface area contributed by atoms with E-state index < -0.39 is 0 Å². The monoisotopic (exact) mass is 468 g/mol. The van der Waals surface area contributed by atoms with Gasteiger partial charge >= 0.3 is 0 Å². The predicted octanol–water partition coefficient (Wildman–Crippen LogP) is 2.91. The van der Waals surface area contributed by atoms with Gasteiger partial charge in [0.2, 0.25) is 0 Å². The van der Waals surface area contributed by atoms with E-state index >= 15 is 0 Å². The molecule has 1 N–H and O–H groups in total. The second kappa shape index (κ2) is 10.1. The molecule has 2 aromatic heterocycles. The third-order valence-electron chi connectivity index (χ3n) is 5.93. The van der Waals surface area contributed by atoms with Crippen LogP contribution in [0.5, 0.6) is 5.75 Å². The van der Waals surface area contributed by atoms with Crippen LogP contribution in [0.2, 0.25) is 0 Å². The van der Waals surface area contributed by atoms with Gasteiger partial charge in [0.15, 0.2) is 12.6 Å². The van der Waals surface area contributed by atoms with Crippen LogP contribution in [0, 0.1) is 6.92 Å². The summed E-state index contributed by atoms with van der Waals surface area (Å²) in [7, 11) is 1.60. The van der Waals surface area contributed by atoms with E-state index in [1.165, 1.54) is 0 Å². The molecule has 4 heterocycles. The number of nitrogens with zero attached hydrogens (tertiary/aromatic N) is 5. The number of aromatic nitrogens is 4. The van der Waals surface area contributed by atoms with Gasteiger partial charge in [-0.1, -0.05) is 17.4 Å². The minimum Gasteiger partial charge on any atom is -0.467 e. The van der Waals surface area contributed by atoms with Crippen molar-refractivity contribution in [3.05, 3.63) is 35.3 Å². The molecule has 2 saturated heterocycles. The zero-order valence-electron chi connectivity index (χ0n) is 18.9. The lowest BCUT2D eigenvalue weighted by molar-refractivity contribution is 0.0515. The highest BCUT2D eigenvalue weighted by molar-refractivity contribution is 7.14. The molecule has 2 aliphatic rings. The van der Waals surface area contributed by atoms with Gasteiger partial charge in [-0.25, -0.2) is 0 Å². The second-order valence-electron chi connectivity index (χ2n) is 8.32. The van der Waals surface area contributed by atoms with Gasteiger partial charge in [0, 0.05) is 50.0 Å². The zero-order chi connectivity index (χ0) is 22.6. The van der Waals surface area contributed by atoms with Crippen molar-refractivity contribution in [1.29, 1.82) is 0 Å². The normalized spacial score (nSPS) is 20.5. The molecule has 9 nitrogen and oxygen atoms in total. The van der Waals surface area contributed by atoms with E-state index in [4.69, 9.17) is 14.2 Å². The molecule has 1 aromatic carbocycles. The summed E-state index contributed by atoms with van der Waals surface area (Å²) in [4.78, 5) is 2.29. The van der Waals surface area contributed by atoms with Crippen LogP contribution in [-0.4, -0.2) is 72.7 Å². The third-order valence-corrected chi connectivity index (χ3v) is 6.81. The lowest BCUT2D eigenvalue weighted by Gasteiger charge is -2.20. The van der Waals surface area contributed by atoms with Gasteiger partial charge in [0.05, 0.1) is 12.3 Å². The molecule has 10 heteroatoms. The molecule has 0 radical (unpaired) electrons.